The molecule has 7 heteroatoms. The van der Waals surface area contributed by atoms with Crippen molar-refractivity contribution in [3.63, 3.8) is 0 Å². The molecule has 0 saturated carbocycles. The molecule has 0 aliphatic carbocycles. The van der Waals surface area contributed by atoms with E-state index >= 15 is 0 Å². The first-order valence-electron chi connectivity index (χ1n) is 7.69. The summed E-state index contributed by atoms with van der Waals surface area (Å²) in [6.45, 7) is 2.52. The highest BCUT2D eigenvalue weighted by molar-refractivity contribution is 5.83. The molecule has 2 aromatic carbocycles. The summed E-state index contributed by atoms with van der Waals surface area (Å²) in [4.78, 5) is 14.8. The average molecular weight is 335 g/mol. The fraction of sp³-hybridized carbons (Fsp3) is 0.111. The number of benzene rings is 2. The highest BCUT2D eigenvalue weighted by Crippen LogP contribution is 2.18. The third-order valence-electron chi connectivity index (χ3n) is 3.35. The monoisotopic (exact) mass is 335 g/mol. The van der Waals surface area contributed by atoms with Gasteiger partial charge in [0.15, 0.2) is 5.82 Å². The van der Waals surface area contributed by atoms with Crippen LogP contribution >= 0.6 is 0 Å². The first kappa shape index (κ1) is 16.4. The number of aromatic nitrogens is 3. The Morgan fingerprint density at radius 3 is 2.96 bits per heavy atom. The Labute approximate surface area is 144 Å². The average Bonchev–Trinajstić information content (AvgIpc) is 2.61. The Balaban J connectivity index is 1.68. The van der Waals surface area contributed by atoms with E-state index in [1.807, 2.05) is 49.4 Å². The molecule has 0 aliphatic heterocycles. The van der Waals surface area contributed by atoms with Crippen LogP contribution in [0.3, 0.4) is 0 Å². The summed E-state index contributed by atoms with van der Waals surface area (Å²) in [7, 11) is 0. The van der Waals surface area contributed by atoms with Gasteiger partial charge in [-0.05, 0) is 24.6 Å². The number of para-hydroxylation sites is 1. The number of hydrazone groups is 1. The van der Waals surface area contributed by atoms with E-state index in [-0.39, 0.29) is 5.82 Å². The molecule has 0 spiro atoms. The van der Waals surface area contributed by atoms with Crippen molar-refractivity contribution in [2.24, 2.45) is 5.10 Å². The minimum atomic E-state index is -0.540. The van der Waals surface area contributed by atoms with Crippen LogP contribution in [0.4, 0.5) is 5.82 Å². The van der Waals surface area contributed by atoms with Crippen LogP contribution in [0.15, 0.2) is 64.6 Å². The standard InChI is InChI=1S/C18H17N5O2/c1-13-5-4-6-14(9-13)12-25-16-8-3-2-7-15(16)10-19-22-17-11-20-23-18(24)21-17/h2-11H,12H2,1H3,(H2,21,22,23,24)/b19-10+. The number of H-pyrrole nitrogens is 1. The first-order chi connectivity index (χ1) is 12.2. The highest BCUT2D eigenvalue weighted by Gasteiger charge is 2.02. The van der Waals surface area contributed by atoms with E-state index in [1.165, 1.54) is 11.8 Å². The zero-order chi connectivity index (χ0) is 17.5. The molecule has 2 N–H and O–H groups in total. The topological polar surface area (TPSA) is 92.3 Å². The maximum absolute atomic E-state index is 11.1. The minimum Gasteiger partial charge on any atom is -0.488 e. The van der Waals surface area contributed by atoms with Crippen molar-refractivity contribution in [3.05, 3.63) is 81.9 Å². The molecule has 0 fully saturated rings. The summed E-state index contributed by atoms with van der Waals surface area (Å²) in [6.07, 6.45) is 2.98. The summed E-state index contributed by atoms with van der Waals surface area (Å²) < 4.78 is 5.90. The summed E-state index contributed by atoms with van der Waals surface area (Å²) in [5, 5.41) is 9.91. The van der Waals surface area contributed by atoms with Gasteiger partial charge in [-0.2, -0.15) is 15.2 Å². The van der Waals surface area contributed by atoms with E-state index in [9.17, 15) is 4.79 Å². The summed E-state index contributed by atoms with van der Waals surface area (Å²) in [5.41, 5.74) is 5.22. The maximum Gasteiger partial charge on any atom is 0.363 e. The van der Waals surface area contributed by atoms with Gasteiger partial charge in [0.25, 0.3) is 0 Å². The lowest BCUT2D eigenvalue weighted by atomic mass is 10.1. The second-order valence-electron chi connectivity index (χ2n) is 5.36. The third kappa shape index (κ3) is 4.74. The van der Waals surface area contributed by atoms with Gasteiger partial charge in [-0.25, -0.2) is 9.89 Å². The van der Waals surface area contributed by atoms with Crippen LogP contribution in [-0.2, 0) is 6.61 Å². The second-order valence-corrected chi connectivity index (χ2v) is 5.36. The Morgan fingerprint density at radius 2 is 2.12 bits per heavy atom. The predicted molar refractivity (Wildman–Crippen MR) is 95.8 cm³/mol. The largest absolute Gasteiger partial charge is 0.488 e. The number of aromatic amines is 1. The van der Waals surface area contributed by atoms with Gasteiger partial charge in [0.1, 0.15) is 12.4 Å². The Hall–Kier alpha value is -3.48. The number of nitrogens with zero attached hydrogens (tertiary/aromatic N) is 3. The van der Waals surface area contributed by atoms with Crippen LogP contribution in [0, 0.1) is 6.92 Å². The van der Waals surface area contributed by atoms with Crippen molar-refractivity contribution in [1.82, 2.24) is 15.2 Å². The molecule has 25 heavy (non-hydrogen) atoms. The lowest BCUT2D eigenvalue weighted by Crippen LogP contribution is -2.13. The Kier molecular flexibility index (Phi) is 5.16. The van der Waals surface area contributed by atoms with Crippen LogP contribution in [0.5, 0.6) is 5.75 Å². The van der Waals surface area contributed by atoms with E-state index in [1.54, 1.807) is 6.21 Å². The molecule has 3 aromatic rings. The van der Waals surface area contributed by atoms with Gasteiger partial charge in [-0.3, -0.25) is 5.43 Å². The Morgan fingerprint density at radius 1 is 1.24 bits per heavy atom. The SMILES string of the molecule is Cc1cccc(COc2ccccc2/C=N/Nc2cn[nH]c(=O)n2)c1. The summed E-state index contributed by atoms with van der Waals surface area (Å²) in [5.74, 6) is 0.977. The Bertz CT molecular complexity index is 936. The first-order valence-corrected chi connectivity index (χ1v) is 7.69. The van der Waals surface area contributed by atoms with Crippen molar-refractivity contribution in [2.75, 3.05) is 5.43 Å². The molecular formula is C18H17N5O2. The number of hydrogen-bond donors (Lipinski definition) is 2. The molecule has 0 atom stereocenters. The molecular weight excluding hydrogens is 318 g/mol. The van der Waals surface area contributed by atoms with Gasteiger partial charge in [-0.15, -0.1) is 0 Å². The normalized spacial score (nSPS) is 10.8. The van der Waals surface area contributed by atoms with Gasteiger partial charge in [0, 0.05) is 5.56 Å². The molecule has 0 unspecified atom stereocenters. The van der Waals surface area contributed by atoms with Crippen molar-refractivity contribution >= 4 is 12.0 Å². The fourth-order valence-corrected chi connectivity index (χ4v) is 2.22. The van der Waals surface area contributed by atoms with Crippen LogP contribution in [0.1, 0.15) is 16.7 Å². The van der Waals surface area contributed by atoms with Gasteiger partial charge < -0.3 is 4.74 Å². The van der Waals surface area contributed by atoms with Crippen LogP contribution in [0.25, 0.3) is 0 Å². The van der Waals surface area contributed by atoms with E-state index in [0.29, 0.717) is 12.4 Å². The molecule has 0 radical (unpaired) electrons. The van der Waals surface area contributed by atoms with Crippen molar-refractivity contribution < 1.29 is 4.74 Å². The van der Waals surface area contributed by atoms with Gasteiger partial charge in [-0.1, -0.05) is 42.0 Å². The van der Waals surface area contributed by atoms with Crippen molar-refractivity contribution in [3.8, 4) is 5.75 Å². The zero-order valence-electron chi connectivity index (χ0n) is 13.6. The molecule has 1 aromatic heterocycles. The van der Waals surface area contributed by atoms with Crippen molar-refractivity contribution in [1.29, 1.82) is 0 Å². The molecule has 0 saturated heterocycles. The van der Waals surface area contributed by atoms with E-state index in [2.05, 4.69) is 31.8 Å². The number of anilines is 1. The lowest BCUT2D eigenvalue weighted by Gasteiger charge is -2.09. The number of rotatable bonds is 6. The molecule has 0 amide bonds. The van der Waals surface area contributed by atoms with Gasteiger partial charge in [0.2, 0.25) is 0 Å². The molecule has 0 aliphatic rings. The number of aryl methyl sites for hydroxylation is 1. The van der Waals surface area contributed by atoms with E-state index in [0.717, 1.165) is 11.1 Å². The smallest absolute Gasteiger partial charge is 0.363 e. The van der Waals surface area contributed by atoms with Gasteiger partial charge >= 0.3 is 5.69 Å². The number of hydrogen-bond acceptors (Lipinski definition) is 6. The molecule has 0 bridgehead atoms. The summed E-state index contributed by atoms with van der Waals surface area (Å²) >= 11 is 0. The fourth-order valence-electron chi connectivity index (χ4n) is 2.22. The summed E-state index contributed by atoms with van der Waals surface area (Å²) in [6, 6.07) is 15.7. The maximum atomic E-state index is 11.1. The number of nitrogens with one attached hydrogen (secondary N) is 2. The predicted octanol–water partition coefficient (Wildman–Crippen LogP) is 2.50. The molecule has 7 nitrogen and oxygen atoms in total. The zero-order valence-corrected chi connectivity index (χ0v) is 13.6. The van der Waals surface area contributed by atoms with Crippen LogP contribution in [0.2, 0.25) is 0 Å². The molecule has 126 valence electrons. The molecule has 1 heterocycles. The minimum absolute atomic E-state index is 0.262. The molecule has 3 rings (SSSR count). The van der Waals surface area contributed by atoms with Crippen LogP contribution < -0.4 is 15.9 Å². The quantitative estimate of drug-likeness (QED) is 0.533. The van der Waals surface area contributed by atoms with E-state index in [4.69, 9.17) is 4.74 Å². The highest BCUT2D eigenvalue weighted by atomic mass is 16.5. The van der Waals surface area contributed by atoms with Crippen LogP contribution in [-0.4, -0.2) is 21.4 Å². The van der Waals surface area contributed by atoms with E-state index < -0.39 is 5.69 Å². The third-order valence-corrected chi connectivity index (χ3v) is 3.35. The van der Waals surface area contributed by atoms with Crippen molar-refractivity contribution in [2.45, 2.75) is 13.5 Å². The lowest BCUT2D eigenvalue weighted by molar-refractivity contribution is 0.305. The number of ether oxygens (including phenoxy) is 1. The second kappa shape index (κ2) is 7.87. The van der Waals surface area contributed by atoms with Gasteiger partial charge in [0.05, 0.1) is 12.4 Å².